The molecule has 0 bridgehead atoms. The molecule has 0 amide bonds. The van der Waals surface area contributed by atoms with Gasteiger partial charge in [0, 0.05) is 0 Å². The monoisotopic (exact) mass is 577 g/mol. The van der Waals surface area contributed by atoms with Crippen molar-refractivity contribution in [3.63, 3.8) is 0 Å². The molecular weight excluding hydrogens is 555 g/mol. The van der Waals surface area contributed by atoms with E-state index < -0.39 is 24.9 Å². The zero-order valence-electron chi connectivity index (χ0n) is 16.2. The number of aryl methyl sites for hydroxylation is 2. The van der Waals surface area contributed by atoms with Crippen LogP contribution in [-0.4, -0.2) is 51.2 Å². The van der Waals surface area contributed by atoms with Crippen LogP contribution in [0.3, 0.4) is 0 Å². The van der Waals surface area contributed by atoms with E-state index in [1.54, 1.807) is 27.4 Å². The fourth-order valence-electron chi connectivity index (χ4n) is 2.94. The van der Waals surface area contributed by atoms with Crippen LogP contribution in [0.4, 0.5) is 11.9 Å². The molecular formula is C15H21HgN9O3. The van der Waals surface area contributed by atoms with Crippen molar-refractivity contribution in [2.45, 2.75) is 17.0 Å². The first-order valence-electron chi connectivity index (χ1n) is 8.67. The van der Waals surface area contributed by atoms with Crippen LogP contribution in [0.15, 0.2) is 15.9 Å². The van der Waals surface area contributed by atoms with Crippen LogP contribution in [0.25, 0.3) is 11.2 Å². The van der Waals surface area contributed by atoms with E-state index in [0.29, 0.717) is 29.5 Å². The third-order valence-corrected chi connectivity index (χ3v) is 11.7. The summed E-state index contributed by atoms with van der Waals surface area (Å²) in [5.74, 6) is 1.10. The van der Waals surface area contributed by atoms with Crippen LogP contribution in [-0.2, 0) is 43.7 Å². The van der Waals surface area contributed by atoms with E-state index in [2.05, 4.69) is 25.3 Å². The number of fused-ring (bicyclic) bond motifs is 1. The number of ether oxygens (including phenoxy) is 1. The number of methoxy groups -OCH3 is 1. The van der Waals surface area contributed by atoms with E-state index in [-0.39, 0.29) is 23.3 Å². The third-order valence-electron chi connectivity index (χ3n) is 4.49. The molecule has 0 fully saturated rings. The average molecular weight is 576 g/mol. The summed E-state index contributed by atoms with van der Waals surface area (Å²) in [4.78, 5) is 41.0. The normalized spacial score (nSPS) is 12.1. The first-order valence-corrected chi connectivity index (χ1v) is 15.0. The molecule has 3 rings (SSSR count). The summed E-state index contributed by atoms with van der Waals surface area (Å²) in [6.45, 7) is 2.24. The molecule has 28 heavy (non-hydrogen) atoms. The number of nitrogens with one attached hydrogen (secondary N) is 1. The summed E-state index contributed by atoms with van der Waals surface area (Å²) in [5.41, 5.74) is 5.82. The fraction of sp³-hybridized carbons (Fsp3) is 0.467. The second-order valence-electron chi connectivity index (χ2n) is 6.41. The molecule has 0 aliphatic heterocycles. The summed E-state index contributed by atoms with van der Waals surface area (Å²) in [7, 11) is 4.73. The van der Waals surface area contributed by atoms with Crippen molar-refractivity contribution in [1.29, 1.82) is 0 Å². The van der Waals surface area contributed by atoms with Crippen molar-refractivity contribution in [3.8, 4) is 0 Å². The number of aromatic nitrogens is 7. The Labute approximate surface area is 172 Å². The predicted octanol–water partition coefficient (Wildman–Crippen LogP) is -1.10. The fourth-order valence-corrected chi connectivity index (χ4v) is 9.56. The van der Waals surface area contributed by atoms with Gasteiger partial charge >= 0.3 is 173 Å². The molecule has 1 unspecified atom stereocenters. The number of rotatable bonds is 7. The van der Waals surface area contributed by atoms with Crippen molar-refractivity contribution in [1.82, 2.24) is 31.4 Å². The number of hydrogen-bond donors (Lipinski definition) is 2. The Kier molecular flexibility index (Phi) is 6.08. The Balaban J connectivity index is 1.73. The van der Waals surface area contributed by atoms with E-state index in [1.165, 1.54) is 11.6 Å². The molecule has 0 saturated heterocycles. The molecule has 0 aromatic carbocycles. The minimum atomic E-state index is -1.81. The average Bonchev–Trinajstić information content (AvgIpc) is 3.08. The van der Waals surface area contributed by atoms with Crippen LogP contribution < -0.4 is 22.3 Å². The Morgan fingerprint density at radius 3 is 2.68 bits per heavy atom. The van der Waals surface area contributed by atoms with E-state index in [1.807, 2.05) is 2.33 Å². The van der Waals surface area contributed by atoms with Gasteiger partial charge in [0.2, 0.25) is 0 Å². The molecule has 0 spiro atoms. The first kappa shape index (κ1) is 20.4. The van der Waals surface area contributed by atoms with Crippen LogP contribution in [0.2, 0.25) is 3.93 Å². The quantitative estimate of drug-likeness (QED) is 0.335. The van der Waals surface area contributed by atoms with E-state index in [0.717, 1.165) is 8.50 Å². The summed E-state index contributed by atoms with van der Waals surface area (Å²) < 4.78 is 10.8. The Bertz CT molecular complexity index is 1100. The van der Waals surface area contributed by atoms with E-state index in [4.69, 9.17) is 10.5 Å². The molecule has 1 atom stereocenters. The summed E-state index contributed by atoms with van der Waals surface area (Å²) >= 11 is -1.81. The second kappa shape index (κ2) is 8.35. The molecule has 146 valence electrons. The van der Waals surface area contributed by atoms with Gasteiger partial charge in [-0.1, -0.05) is 0 Å². The molecule has 0 aliphatic carbocycles. The minimum absolute atomic E-state index is 0.0752. The van der Waals surface area contributed by atoms with Gasteiger partial charge in [-0.3, -0.25) is 0 Å². The van der Waals surface area contributed by atoms with Gasteiger partial charge in [0.25, 0.3) is 0 Å². The van der Waals surface area contributed by atoms with Gasteiger partial charge in [0.1, 0.15) is 0 Å². The van der Waals surface area contributed by atoms with Crippen LogP contribution in [0, 0.1) is 6.92 Å². The molecule has 0 aliphatic rings. The predicted molar refractivity (Wildman–Crippen MR) is 98.7 cm³/mol. The summed E-state index contributed by atoms with van der Waals surface area (Å²) in [6.07, 6.45) is 1.58. The number of imidazole rings is 1. The number of anilines is 2. The second-order valence-corrected chi connectivity index (χ2v) is 13.0. The molecule has 0 saturated carbocycles. The van der Waals surface area contributed by atoms with Crippen molar-refractivity contribution in [2.75, 3.05) is 24.7 Å². The van der Waals surface area contributed by atoms with Crippen molar-refractivity contribution < 1.29 is 29.6 Å². The van der Waals surface area contributed by atoms with Crippen LogP contribution in [0.1, 0.15) is 5.82 Å². The van der Waals surface area contributed by atoms with Crippen molar-refractivity contribution in [3.05, 3.63) is 33.0 Å². The maximum absolute atomic E-state index is 12.5. The van der Waals surface area contributed by atoms with Gasteiger partial charge in [-0.25, -0.2) is 0 Å². The van der Waals surface area contributed by atoms with Gasteiger partial charge < -0.3 is 0 Å². The zero-order chi connectivity index (χ0) is 20.4. The standard InChI is InChI=1S/C8H14N5O.C7H8N4O2.Hg/c1-5(14-3)4-10-8-12-6(2)11-7(9)13-8;1-10-5-4(8-3-9-5)6(12)11(2)7(10)13;/h5H,1,4H2,2-3H3,(H3,9,10,11,12,13);3H,1-2H3,(H,8,9,12);/q;;+1/p-1. The molecule has 3 aromatic heterocycles. The SMILES string of the molecule is COC(CNc1nc(C)nc(N)n1)[CH2][Hg][n]1cnc2c1c(=O)n(C)c(=O)n2C. The Morgan fingerprint density at radius 1 is 1.25 bits per heavy atom. The van der Waals surface area contributed by atoms with Gasteiger partial charge in [0.05, 0.1) is 0 Å². The maximum atomic E-state index is 12.5. The molecule has 3 aromatic rings. The number of nitrogens with zero attached hydrogens (tertiary/aromatic N) is 7. The molecule has 3 heterocycles. The summed E-state index contributed by atoms with van der Waals surface area (Å²) in [5, 5.41) is 3.11. The van der Waals surface area contributed by atoms with Crippen LogP contribution >= 0.6 is 0 Å². The number of nitrogen functional groups attached to an aromatic ring is 1. The van der Waals surface area contributed by atoms with Gasteiger partial charge in [-0.05, 0) is 0 Å². The molecule has 0 radical (unpaired) electrons. The van der Waals surface area contributed by atoms with Gasteiger partial charge in [0.15, 0.2) is 0 Å². The Morgan fingerprint density at radius 2 is 2.00 bits per heavy atom. The van der Waals surface area contributed by atoms with Crippen molar-refractivity contribution >= 4 is 23.1 Å². The number of nitrogens with two attached hydrogens (primary N) is 1. The molecule has 12 nitrogen and oxygen atoms in total. The molecule has 13 heteroatoms. The zero-order valence-corrected chi connectivity index (χ0v) is 21.7. The van der Waals surface area contributed by atoms with Gasteiger partial charge in [-0.2, -0.15) is 0 Å². The topological polar surface area (TPSA) is 148 Å². The van der Waals surface area contributed by atoms with Gasteiger partial charge in [-0.15, -0.1) is 0 Å². The van der Waals surface area contributed by atoms with E-state index in [9.17, 15) is 9.59 Å². The summed E-state index contributed by atoms with van der Waals surface area (Å²) in [6, 6.07) is 0. The van der Waals surface area contributed by atoms with Crippen LogP contribution in [0.5, 0.6) is 0 Å². The van der Waals surface area contributed by atoms with E-state index >= 15 is 0 Å². The van der Waals surface area contributed by atoms with Crippen molar-refractivity contribution in [2.24, 2.45) is 14.1 Å². The Hall–Kier alpha value is -2.34. The number of hydrogen-bond acceptors (Lipinski definition) is 9. The first-order chi connectivity index (χ1) is 13.3. The third kappa shape index (κ3) is 4.06. The molecule has 3 N–H and O–H groups in total.